The van der Waals surface area contributed by atoms with Gasteiger partial charge in [-0.2, -0.15) is 0 Å². The summed E-state index contributed by atoms with van der Waals surface area (Å²) in [7, 11) is 0. The first kappa shape index (κ1) is 12.0. The van der Waals surface area contributed by atoms with E-state index in [0.717, 1.165) is 0 Å². The number of rotatable bonds is 4. The van der Waals surface area contributed by atoms with Crippen molar-refractivity contribution >= 4 is 11.9 Å². The molecule has 5 nitrogen and oxygen atoms in total. The largest absolute Gasteiger partial charge is 0.481 e. The first-order valence-corrected chi connectivity index (χ1v) is 5.12. The number of carbonyl (C=O) groups is 2. The highest BCUT2D eigenvalue weighted by Crippen LogP contribution is 2.22. The van der Waals surface area contributed by atoms with Crippen LogP contribution < -0.4 is 0 Å². The molecule has 0 aromatic carbocycles. The molecule has 0 aromatic heterocycles. The lowest BCUT2D eigenvalue weighted by Crippen LogP contribution is -2.36. The quantitative estimate of drug-likeness (QED) is 0.696. The van der Waals surface area contributed by atoms with Crippen molar-refractivity contribution in [1.82, 2.24) is 4.90 Å². The van der Waals surface area contributed by atoms with Crippen LogP contribution >= 0.6 is 0 Å². The third kappa shape index (κ3) is 2.92. The molecule has 3 unspecified atom stereocenters. The number of nitrogens with zero attached hydrogens (tertiary/aromatic N) is 1. The van der Waals surface area contributed by atoms with Crippen LogP contribution in [-0.4, -0.2) is 45.7 Å². The van der Waals surface area contributed by atoms with Gasteiger partial charge in [-0.15, -0.1) is 0 Å². The number of aliphatic hydroxyl groups is 1. The van der Waals surface area contributed by atoms with Gasteiger partial charge in [-0.05, 0) is 20.3 Å². The number of carboxylic acid groups (broad SMARTS) is 1. The van der Waals surface area contributed by atoms with Gasteiger partial charge in [0, 0.05) is 19.0 Å². The van der Waals surface area contributed by atoms with Gasteiger partial charge in [0.1, 0.15) is 0 Å². The van der Waals surface area contributed by atoms with E-state index in [-0.39, 0.29) is 24.9 Å². The number of hydrogen-bond acceptors (Lipinski definition) is 3. The zero-order chi connectivity index (χ0) is 11.6. The number of carbonyl (C=O) groups excluding carboxylic acids is 1. The predicted molar refractivity (Wildman–Crippen MR) is 53.2 cm³/mol. The second-order valence-electron chi connectivity index (χ2n) is 4.22. The Morgan fingerprint density at radius 3 is 2.60 bits per heavy atom. The van der Waals surface area contributed by atoms with Crippen LogP contribution in [0, 0.1) is 5.92 Å². The van der Waals surface area contributed by atoms with E-state index >= 15 is 0 Å². The molecule has 15 heavy (non-hydrogen) atoms. The Morgan fingerprint density at radius 1 is 1.60 bits per heavy atom. The maximum absolute atomic E-state index is 11.5. The van der Waals surface area contributed by atoms with Crippen LogP contribution in [0.5, 0.6) is 0 Å². The Hall–Kier alpha value is -1.10. The van der Waals surface area contributed by atoms with Crippen LogP contribution in [0.15, 0.2) is 0 Å². The molecule has 1 saturated heterocycles. The van der Waals surface area contributed by atoms with E-state index in [1.807, 2.05) is 6.92 Å². The van der Waals surface area contributed by atoms with Gasteiger partial charge in [-0.25, -0.2) is 0 Å². The third-order valence-electron chi connectivity index (χ3n) is 2.72. The fourth-order valence-corrected chi connectivity index (χ4v) is 1.94. The summed E-state index contributed by atoms with van der Waals surface area (Å²) in [5.74, 6) is -1.64. The molecule has 5 heteroatoms. The van der Waals surface area contributed by atoms with Crippen molar-refractivity contribution < 1.29 is 19.8 Å². The number of hydrogen-bond donors (Lipinski definition) is 2. The van der Waals surface area contributed by atoms with E-state index < -0.39 is 18.0 Å². The van der Waals surface area contributed by atoms with E-state index in [0.29, 0.717) is 6.42 Å². The molecule has 1 aliphatic heterocycles. The van der Waals surface area contributed by atoms with Crippen LogP contribution in [0.4, 0.5) is 0 Å². The predicted octanol–water partition coefficient (Wildman–Crippen LogP) is 0.0789. The average molecular weight is 215 g/mol. The van der Waals surface area contributed by atoms with Crippen molar-refractivity contribution in [2.45, 2.75) is 38.8 Å². The summed E-state index contributed by atoms with van der Waals surface area (Å²) in [5, 5.41) is 18.0. The molecule has 1 amide bonds. The lowest BCUT2D eigenvalue weighted by Gasteiger charge is -2.25. The lowest BCUT2D eigenvalue weighted by atomic mass is 10.1. The zero-order valence-corrected chi connectivity index (χ0v) is 9.01. The SMILES string of the molecule is CC(O)CC(C)N1CC(C(=O)O)CC1=O. The Morgan fingerprint density at radius 2 is 2.20 bits per heavy atom. The molecular weight excluding hydrogens is 198 g/mol. The van der Waals surface area contributed by atoms with Gasteiger partial charge in [0.15, 0.2) is 0 Å². The van der Waals surface area contributed by atoms with Crippen LogP contribution in [0.3, 0.4) is 0 Å². The van der Waals surface area contributed by atoms with E-state index in [2.05, 4.69) is 0 Å². The fraction of sp³-hybridized carbons (Fsp3) is 0.800. The third-order valence-corrected chi connectivity index (χ3v) is 2.72. The van der Waals surface area contributed by atoms with E-state index in [4.69, 9.17) is 5.11 Å². The second kappa shape index (κ2) is 4.61. The van der Waals surface area contributed by atoms with Crippen molar-refractivity contribution in [3.63, 3.8) is 0 Å². The van der Waals surface area contributed by atoms with Crippen molar-refractivity contribution in [3.05, 3.63) is 0 Å². The highest BCUT2D eigenvalue weighted by molar-refractivity contribution is 5.86. The van der Waals surface area contributed by atoms with Gasteiger partial charge < -0.3 is 15.1 Å². The summed E-state index contributed by atoms with van der Waals surface area (Å²) >= 11 is 0. The van der Waals surface area contributed by atoms with Gasteiger partial charge in [0.05, 0.1) is 12.0 Å². The minimum Gasteiger partial charge on any atom is -0.481 e. The molecular formula is C10H17NO4. The minimum atomic E-state index is -0.921. The van der Waals surface area contributed by atoms with Gasteiger partial charge >= 0.3 is 5.97 Å². The highest BCUT2D eigenvalue weighted by Gasteiger charge is 2.36. The molecule has 86 valence electrons. The topological polar surface area (TPSA) is 77.8 Å². The van der Waals surface area contributed by atoms with Crippen molar-refractivity contribution in [1.29, 1.82) is 0 Å². The van der Waals surface area contributed by atoms with E-state index in [9.17, 15) is 14.7 Å². The fourth-order valence-electron chi connectivity index (χ4n) is 1.94. The summed E-state index contributed by atoms with van der Waals surface area (Å²) < 4.78 is 0. The average Bonchev–Trinajstić information content (AvgIpc) is 2.46. The summed E-state index contributed by atoms with van der Waals surface area (Å²) in [6, 6.07) is -0.0955. The van der Waals surface area contributed by atoms with Crippen LogP contribution in [0.1, 0.15) is 26.7 Å². The second-order valence-corrected chi connectivity index (χ2v) is 4.22. The van der Waals surface area contributed by atoms with Gasteiger partial charge in [0.25, 0.3) is 0 Å². The van der Waals surface area contributed by atoms with E-state index in [1.54, 1.807) is 11.8 Å². The van der Waals surface area contributed by atoms with Gasteiger partial charge in [-0.1, -0.05) is 0 Å². The molecule has 2 N–H and O–H groups in total. The number of carboxylic acids is 1. The Bertz CT molecular complexity index is 264. The molecule has 3 atom stereocenters. The molecule has 1 aliphatic rings. The first-order valence-electron chi connectivity index (χ1n) is 5.12. The number of likely N-dealkylation sites (tertiary alicyclic amines) is 1. The zero-order valence-electron chi connectivity index (χ0n) is 9.01. The molecule has 0 radical (unpaired) electrons. The lowest BCUT2D eigenvalue weighted by molar-refractivity contribution is -0.141. The maximum atomic E-state index is 11.5. The smallest absolute Gasteiger partial charge is 0.308 e. The summed E-state index contributed by atoms with van der Waals surface area (Å²) in [5.41, 5.74) is 0. The van der Waals surface area contributed by atoms with Crippen LogP contribution in [-0.2, 0) is 9.59 Å². The van der Waals surface area contributed by atoms with Crippen LogP contribution in [0.25, 0.3) is 0 Å². The summed E-state index contributed by atoms with van der Waals surface area (Å²) in [6.07, 6.45) is 0.0917. The van der Waals surface area contributed by atoms with Gasteiger partial charge in [-0.3, -0.25) is 9.59 Å². The highest BCUT2D eigenvalue weighted by atomic mass is 16.4. The van der Waals surface area contributed by atoms with E-state index in [1.165, 1.54) is 0 Å². The molecule has 1 fully saturated rings. The first-order chi connectivity index (χ1) is 6.91. The molecule has 0 saturated carbocycles. The van der Waals surface area contributed by atoms with Crippen molar-refractivity contribution in [2.75, 3.05) is 6.54 Å². The Kier molecular flexibility index (Phi) is 3.68. The normalized spacial score (nSPS) is 25.4. The molecule has 0 aliphatic carbocycles. The number of aliphatic carboxylic acids is 1. The van der Waals surface area contributed by atoms with Crippen LogP contribution in [0.2, 0.25) is 0 Å². The van der Waals surface area contributed by atoms with Crippen molar-refractivity contribution in [3.8, 4) is 0 Å². The molecule has 1 rings (SSSR count). The molecule has 0 aromatic rings. The monoisotopic (exact) mass is 215 g/mol. The summed E-state index contributed by atoms with van der Waals surface area (Å²) in [6.45, 7) is 3.75. The number of aliphatic hydroxyl groups excluding tert-OH is 1. The minimum absolute atomic E-state index is 0.0828. The molecule has 1 heterocycles. The summed E-state index contributed by atoms with van der Waals surface area (Å²) in [4.78, 5) is 23.7. The van der Waals surface area contributed by atoms with Crippen molar-refractivity contribution in [2.24, 2.45) is 5.92 Å². The molecule has 0 bridgehead atoms. The number of amides is 1. The maximum Gasteiger partial charge on any atom is 0.308 e. The molecule has 0 spiro atoms. The standard InChI is InChI=1S/C10H17NO4/c1-6(3-7(2)12)11-5-8(10(14)15)4-9(11)13/h6-8,12H,3-5H2,1-2H3,(H,14,15). The van der Waals surface area contributed by atoms with Gasteiger partial charge in [0.2, 0.25) is 5.91 Å². The Labute approximate surface area is 88.7 Å². The Balaban J connectivity index is 2.57.